The molecule has 2 aromatic carbocycles. The number of carbonyl (C=O) groups is 2. The quantitative estimate of drug-likeness (QED) is 0.662. The van der Waals surface area contributed by atoms with Gasteiger partial charge in [-0.05, 0) is 42.5 Å². The fourth-order valence-corrected chi connectivity index (χ4v) is 2.55. The van der Waals surface area contributed by atoms with Gasteiger partial charge in [0.2, 0.25) is 5.91 Å². The van der Waals surface area contributed by atoms with Gasteiger partial charge in [-0.2, -0.15) is 13.2 Å². The SMILES string of the molecule is CC(C)c1nc2cc(NC(=O)CNC(=O)c3ccc(C(F)(F)F)cc3)ccc2o1. The third-order valence-electron chi connectivity index (χ3n) is 4.07. The number of benzene rings is 2. The molecule has 0 aliphatic carbocycles. The number of hydrogen-bond donors (Lipinski definition) is 2. The molecule has 152 valence electrons. The van der Waals surface area contributed by atoms with Gasteiger partial charge >= 0.3 is 6.18 Å². The molecule has 0 atom stereocenters. The van der Waals surface area contributed by atoms with Crippen LogP contribution in [0.2, 0.25) is 0 Å². The number of fused-ring (bicyclic) bond motifs is 1. The first-order chi connectivity index (χ1) is 13.6. The summed E-state index contributed by atoms with van der Waals surface area (Å²) in [6.45, 7) is 3.56. The molecule has 0 spiro atoms. The fraction of sp³-hybridized carbons (Fsp3) is 0.250. The molecule has 6 nitrogen and oxygen atoms in total. The third kappa shape index (κ3) is 4.92. The summed E-state index contributed by atoms with van der Waals surface area (Å²) in [5.41, 5.74) is 0.851. The summed E-state index contributed by atoms with van der Waals surface area (Å²) in [6, 6.07) is 8.72. The van der Waals surface area contributed by atoms with E-state index in [-0.39, 0.29) is 18.0 Å². The van der Waals surface area contributed by atoms with Crippen LogP contribution in [-0.2, 0) is 11.0 Å². The number of hydrogen-bond acceptors (Lipinski definition) is 4. The molecule has 0 saturated heterocycles. The summed E-state index contributed by atoms with van der Waals surface area (Å²) in [6.07, 6.45) is -4.48. The topological polar surface area (TPSA) is 84.2 Å². The number of alkyl halides is 3. The number of nitrogens with one attached hydrogen (secondary N) is 2. The van der Waals surface area contributed by atoms with Crippen molar-refractivity contribution in [2.24, 2.45) is 0 Å². The normalized spacial score (nSPS) is 11.7. The lowest BCUT2D eigenvalue weighted by atomic mass is 10.1. The minimum absolute atomic E-state index is 0.0241. The second-order valence-electron chi connectivity index (χ2n) is 6.70. The zero-order valence-electron chi connectivity index (χ0n) is 15.6. The van der Waals surface area contributed by atoms with Gasteiger partial charge in [-0.15, -0.1) is 0 Å². The highest BCUT2D eigenvalue weighted by Gasteiger charge is 2.30. The van der Waals surface area contributed by atoms with Crippen LogP contribution in [-0.4, -0.2) is 23.3 Å². The zero-order chi connectivity index (χ0) is 21.2. The van der Waals surface area contributed by atoms with Crippen molar-refractivity contribution in [1.29, 1.82) is 0 Å². The number of amides is 2. The molecule has 3 rings (SSSR count). The molecule has 2 N–H and O–H groups in total. The molecular formula is C20H18F3N3O3. The average molecular weight is 405 g/mol. The van der Waals surface area contributed by atoms with E-state index in [2.05, 4.69) is 15.6 Å². The number of anilines is 1. The van der Waals surface area contributed by atoms with Crippen molar-refractivity contribution >= 4 is 28.6 Å². The Kier molecular flexibility index (Phi) is 5.58. The van der Waals surface area contributed by atoms with Crippen LogP contribution in [0.15, 0.2) is 46.9 Å². The summed E-state index contributed by atoms with van der Waals surface area (Å²) in [5, 5.41) is 4.99. The fourth-order valence-electron chi connectivity index (χ4n) is 2.55. The Hall–Kier alpha value is -3.36. The number of carbonyl (C=O) groups excluding carboxylic acids is 2. The number of nitrogens with zero attached hydrogens (tertiary/aromatic N) is 1. The van der Waals surface area contributed by atoms with E-state index in [1.54, 1.807) is 18.2 Å². The lowest BCUT2D eigenvalue weighted by Gasteiger charge is -2.09. The van der Waals surface area contributed by atoms with Gasteiger partial charge in [0.25, 0.3) is 5.91 Å². The van der Waals surface area contributed by atoms with E-state index in [0.717, 1.165) is 24.3 Å². The van der Waals surface area contributed by atoms with Crippen LogP contribution in [0.3, 0.4) is 0 Å². The molecule has 0 bridgehead atoms. The van der Waals surface area contributed by atoms with E-state index in [4.69, 9.17) is 4.42 Å². The number of aromatic nitrogens is 1. The Morgan fingerprint density at radius 1 is 1.10 bits per heavy atom. The summed E-state index contributed by atoms with van der Waals surface area (Å²) >= 11 is 0. The van der Waals surface area contributed by atoms with Crippen molar-refractivity contribution in [3.8, 4) is 0 Å². The first kappa shape index (κ1) is 20.4. The van der Waals surface area contributed by atoms with Crippen molar-refractivity contribution in [2.75, 3.05) is 11.9 Å². The predicted octanol–water partition coefficient (Wildman–Crippen LogP) is 4.34. The maximum Gasteiger partial charge on any atom is 0.416 e. The first-order valence-corrected chi connectivity index (χ1v) is 8.79. The molecule has 0 saturated carbocycles. The van der Waals surface area contributed by atoms with Crippen molar-refractivity contribution in [1.82, 2.24) is 10.3 Å². The van der Waals surface area contributed by atoms with Crippen molar-refractivity contribution < 1.29 is 27.2 Å². The highest BCUT2D eigenvalue weighted by Crippen LogP contribution is 2.29. The summed E-state index contributed by atoms with van der Waals surface area (Å²) in [5.74, 6) is -0.423. The molecule has 0 aliphatic heterocycles. The predicted molar refractivity (Wildman–Crippen MR) is 101 cm³/mol. The summed E-state index contributed by atoms with van der Waals surface area (Å²) in [4.78, 5) is 28.4. The van der Waals surface area contributed by atoms with Crippen molar-refractivity contribution in [2.45, 2.75) is 25.9 Å². The van der Waals surface area contributed by atoms with E-state index < -0.39 is 23.6 Å². The molecule has 29 heavy (non-hydrogen) atoms. The maximum atomic E-state index is 12.6. The van der Waals surface area contributed by atoms with Gasteiger partial charge < -0.3 is 15.1 Å². The molecule has 3 aromatic rings. The van der Waals surface area contributed by atoms with Gasteiger partial charge in [0.1, 0.15) is 5.52 Å². The van der Waals surface area contributed by atoms with E-state index in [1.165, 1.54) is 0 Å². The Morgan fingerprint density at radius 2 is 1.79 bits per heavy atom. The lowest BCUT2D eigenvalue weighted by Crippen LogP contribution is -2.32. The molecule has 0 unspecified atom stereocenters. The number of rotatable bonds is 5. The Labute approximate surface area is 164 Å². The van der Waals surface area contributed by atoms with E-state index >= 15 is 0 Å². The van der Waals surface area contributed by atoms with Gasteiger partial charge in [-0.3, -0.25) is 9.59 Å². The Bertz CT molecular complexity index is 1040. The van der Waals surface area contributed by atoms with Crippen molar-refractivity contribution in [3.63, 3.8) is 0 Å². The molecule has 0 aliphatic rings. The second kappa shape index (κ2) is 7.94. The molecule has 0 radical (unpaired) electrons. The average Bonchev–Trinajstić information content (AvgIpc) is 3.09. The molecule has 0 fully saturated rings. The smallest absolute Gasteiger partial charge is 0.416 e. The first-order valence-electron chi connectivity index (χ1n) is 8.79. The summed E-state index contributed by atoms with van der Waals surface area (Å²) < 4.78 is 43.3. The van der Waals surface area contributed by atoms with Crippen LogP contribution in [0.4, 0.5) is 18.9 Å². The zero-order valence-corrected chi connectivity index (χ0v) is 15.6. The minimum atomic E-state index is -4.48. The van der Waals surface area contributed by atoms with Gasteiger partial charge in [0, 0.05) is 17.2 Å². The van der Waals surface area contributed by atoms with Gasteiger partial charge in [0.05, 0.1) is 12.1 Å². The van der Waals surface area contributed by atoms with E-state index in [0.29, 0.717) is 22.7 Å². The maximum absolute atomic E-state index is 12.6. The second-order valence-corrected chi connectivity index (χ2v) is 6.70. The monoisotopic (exact) mass is 405 g/mol. The Balaban J connectivity index is 1.58. The van der Waals surface area contributed by atoms with Crippen LogP contribution in [0.25, 0.3) is 11.1 Å². The van der Waals surface area contributed by atoms with Crippen LogP contribution < -0.4 is 10.6 Å². The Morgan fingerprint density at radius 3 is 2.41 bits per heavy atom. The minimum Gasteiger partial charge on any atom is -0.440 e. The lowest BCUT2D eigenvalue weighted by molar-refractivity contribution is -0.137. The van der Waals surface area contributed by atoms with Gasteiger partial charge in [0.15, 0.2) is 11.5 Å². The van der Waals surface area contributed by atoms with Crippen LogP contribution in [0.5, 0.6) is 0 Å². The standard InChI is InChI=1S/C20H18F3N3O3/c1-11(2)19-26-15-9-14(7-8-16(15)29-19)25-17(27)10-24-18(28)12-3-5-13(6-4-12)20(21,22)23/h3-9,11H,10H2,1-2H3,(H,24,28)(H,25,27). The van der Waals surface area contributed by atoms with Crippen molar-refractivity contribution in [3.05, 3.63) is 59.5 Å². The third-order valence-corrected chi connectivity index (χ3v) is 4.07. The van der Waals surface area contributed by atoms with Gasteiger partial charge in [-0.1, -0.05) is 13.8 Å². The van der Waals surface area contributed by atoms with Crippen LogP contribution >= 0.6 is 0 Å². The van der Waals surface area contributed by atoms with Gasteiger partial charge in [-0.25, -0.2) is 4.98 Å². The largest absolute Gasteiger partial charge is 0.440 e. The van der Waals surface area contributed by atoms with E-state index in [1.807, 2.05) is 13.8 Å². The molecule has 1 heterocycles. The van der Waals surface area contributed by atoms with Crippen LogP contribution in [0, 0.1) is 0 Å². The number of halogens is 3. The highest BCUT2D eigenvalue weighted by molar-refractivity contribution is 5.99. The van der Waals surface area contributed by atoms with Crippen LogP contribution in [0.1, 0.15) is 41.6 Å². The molecule has 2 amide bonds. The molecular weight excluding hydrogens is 387 g/mol. The molecule has 1 aromatic heterocycles. The molecule has 9 heteroatoms. The highest BCUT2D eigenvalue weighted by atomic mass is 19.4. The number of oxazole rings is 1. The summed E-state index contributed by atoms with van der Waals surface area (Å²) in [7, 11) is 0. The van der Waals surface area contributed by atoms with E-state index in [9.17, 15) is 22.8 Å².